The minimum absolute atomic E-state index is 0.107. The topological polar surface area (TPSA) is 59.0 Å². The molecule has 1 aliphatic heterocycles. The standard InChI is InChI=1S/C18H18ClNO4/c19-15-4-1-13(2-5-15)12-20(7-8-21)18(22)14-3-6-16-17(11-14)24-10-9-23-16/h1-6,11,21H,7-10,12H2. The highest BCUT2D eigenvalue weighted by atomic mass is 35.5. The smallest absolute Gasteiger partial charge is 0.254 e. The van der Waals surface area contributed by atoms with Crippen molar-refractivity contribution in [1.29, 1.82) is 0 Å². The summed E-state index contributed by atoms with van der Waals surface area (Å²) in [6, 6.07) is 12.4. The maximum Gasteiger partial charge on any atom is 0.254 e. The Hall–Kier alpha value is -2.24. The summed E-state index contributed by atoms with van der Waals surface area (Å²) in [6.07, 6.45) is 0. The minimum atomic E-state index is -0.170. The van der Waals surface area contributed by atoms with Crippen LogP contribution in [0.3, 0.4) is 0 Å². The molecule has 0 aromatic heterocycles. The van der Waals surface area contributed by atoms with Gasteiger partial charge in [-0.3, -0.25) is 4.79 Å². The molecular formula is C18H18ClNO4. The predicted molar refractivity (Wildman–Crippen MR) is 90.7 cm³/mol. The van der Waals surface area contributed by atoms with Gasteiger partial charge in [-0.05, 0) is 35.9 Å². The normalized spacial score (nSPS) is 12.8. The van der Waals surface area contributed by atoms with Crippen molar-refractivity contribution < 1.29 is 19.4 Å². The molecule has 1 heterocycles. The van der Waals surface area contributed by atoms with Gasteiger partial charge in [0.2, 0.25) is 0 Å². The molecule has 5 nitrogen and oxygen atoms in total. The van der Waals surface area contributed by atoms with E-state index >= 15 is 0 Å². The van der Waals surface area contributed by atoms with E-state index in [0.717, 1.165) is 5.56 Å². The first-order valence-electron chi connectivity index (χ1n) is 7.71. The van der Waals surface area contributed by atoms with Crippen LogP contribution in [-0.2, 0) is 6.54 Å². The number of nitrogens with zero attached hydrogens (tertiary/aromatic N) is 1. The first-order chi connectivity index (χ1) is 11.7. The maximum absolute atomic E-state index is 12.8. The molecule has 6 heteroatoms. The van der Waals surface area contributed by atoms with Crippen molar-refractivity contribution in [3.63, 3.8) is 0 Å². The van der Waals surface area contributed by atoms with Gasteiger partial charge in [0.05, 0.1) is 6.61 Å². The Kier molecular flexibility index (Phi) is 5.23. The van der Waals surface area contributed by atoms with Gasteiger partial charge < -0.3 is 19.5 Å². The number of amides is 1. The van der Waals surface area contributed by atoms with Gasteiger partial charge in [0, 0.05) is 23.7 Å². The largest absolute Gasteiger partial charge is 0.486 e. The second kappa shape index (κ2) is 7.55. The average molecular weight is 348 g/mol. The number of hydrogen-bond acceptors (Lipinski definition) is 4. The van der Waals surface area contributed by atoms with Gasteiger partial charge in [0.1, 0.15) is 13.2 Å². The molecule has 0 bridgehead atoms. The molecule has 2 aromatic carbocycles. The molecule has 0 saturated carbocycles. The second-order valence-corrected chi connectivity index (χ2v) is 5.87. The molecule has 126 valence electrons. The number of carbonyl (C=O) groups is 1. The van der Waals surface area contributed by atoms with Gasteiger partial charge in [0.25, 0.3) is 5.91 Å². The molecule has 0 saturated heterocycles. The van der Waals surface area contributed by atoms with Crippen LogP contribution in [0.25, 0.3) is 0 Å². The molecule has 0 fully saturated rings. The first kappa shape index (κ1) is 16.6. The molecule has 3 rings (SSSR count). The van der Waals surface area contributed by atoms with Crippen LogP contribution in [-0.4, -0.2) is 42.3 Å². The van der Waals surface area contributed by atoms with E-state index in [1.54, 1.807) is 35.2 Å². The van der Waals surface area contributed by atoms with Crippen LogP contribution in [0, 0.1) is 0 Å². The fraction of sp³-hybridized carbons (Fsp3) is 0.278. The highest BCUT2D eigenvalue weighted by Gasteiger charge is 2.19. The van der Waals surface area contributed by atoms with Gasteiger partial charge in [0.15, 0.2) is 11.5 Å². The lowest BCUT2D eigenvalue weighted by molar-refractivity contribution is 0.0706. The van der Waals surface area contributed by atoms with Crippen LogP contribution in [0.2, 0.25) is 5.02 Å². The number of hydrogen-bond donors (Lipinski definition) is 1. The summed E-state index contributed by atoms with van der Waals surface area (Å²) in [4.78, 5) is 14.4. The van der Waals surface area contributed by atoms with Crippen molar-refractivity contribution >= 4 is 17.5 Å². The summed E-state index contributed by atoms with van der Waals surface area (Å²) >= 11 is 5.89. The molecule has 0 spiro atoms. The maximum atomic E-state index is 12.8. The van der Waals surface area contributed by atoms with Crippen molar-refractivity contribution in [2.75, 3.05) is 26.4 Å². The molecule has 1 N–H and O–H groups in total. The van der Waals surface area contributed by atoms with Crippen molar-refractivity contribution in [3.05, 3.63) is 58.6 Å². The number of aliphatic hydroxyl groups excluding tert-OH is 1. The summed E-state index contributed by atoms with van der Waals surface area (Å²) in [5.41, 5.74) is 1.44. The number of aliphatic hydroxyl groups is 1. The Morgan fingerprint density at radius 1 is 1.08 bits per heavy atom. The molecule has 0 aliphatic carbocycles. The van der Waals surface area contributed by atoms with Crippen LogP contribution < -0.4 is 9.47 Å². The predicted octanol–water partition coefficient (Wildman–Crippen LogP) is 2.75. The highest BCUT2D eigenvalue weighted by Crippen LogP contribution is 2.31. The molecule has 0 radical (unpaired) electrons. The average Bonchev–Trinajstić information content (AvgIpc) is 2.62. The van der Waals surface area contributed by atoms with E-state index in [4.69, 9.17) is 21.1 Å². The van der Waals surface area contributed by atoms with Gasteiger partial charge in [-0.2, -0.15) is 0 Å². The van der Waals surface area contributed by atoms with E-state index in [1.165, 1.54) is 0 Å². The lowest BCUT2D eigenvalue weighted by Crippen LogP contribution is -2.33. The first-order valence-corrected chi connectivity index (χ1v) is 8.09. The molecule has 24 heavy (non-hydrogen) atoms. The summed E-state index contributed by atoms with van der Waals surface area (Å²) in [5, 5.41) is 9.93. The highest BCUT2D eigenvalue weighted by molar-refractivity contribution is 6.30. The van der Waals surface area contributed by atoms with Crippen LogP contribution >= 0.6 is 11.6 Å². The Morgan fingerprint density at radius 3 is 2.50 bits per heavy atom. The Morgan fingerprint density at radius 2 is 1.79 bits per heavy atom. The van der Waals surface area contributed by atoms with Crippen LogP contribution in [0.5, 0.6) is 11.5 Å². The molecule has 1 aliphatic rings. The molecule has 0 atom stereocenters. The van der Waals surface area contributed by atoms with Crippen molar-refractivity contribution in [3.8, 4) is 11.5 Å². The lowest BCUT2D eigenvalue weighted by atomic mass is 10.1. The van der Waals surface area contributed by atoms with Crippen LogP contribution in [0.4, 0.5) is 0 Å². The zero-order valence-electron chi connectivity index (χ0n) is 13.1. The molecular weight excluding hydrogens is 330 g/mol. The summed E-state index contributed by atoms with van der Waals surface area (Å²) in [7, 11) is 0. The number of benzene rings is 2. The SMILES string of the molecule is O=C(c1ccc2c(c1)OCCO2)N(CCO)Cc1ccc(Cl)cc1. The number of rotatable bonds is 5. The van der Waals surface area contributed by atoms with Gasteiger partial charge in [-0.15, -0.1) is 0 Å². The van der Waals surface area contributed by atoms with Gasteiger partial charge in [-0.1, -0.05) is 23.7 Å². The fourth-order valence-electron chi connectivity index (χ4n) is 2.54. The number of halogens is 1. The molecule has 1 amide bonds. The summed E-state index contributed by atoms with van der Waals surface area (Å²) in [5.74, 6) is 1.04. The number of carbonyl (C=O) groups excluding carboxylic acids is 1. The van der Waals surface area contributed by atoms with Crippen molar-refractivity contribution in [2.45, 2.75) is 6.54 Å². The van der Waals surface area contributed by atoms with E-state index in [9.17, 15) is 9.90 Å². The fourth-order valence-corrected chi connectivity index (χ4v) is 2.67. The van der Waals surface area contributed by atoms with Crippen molar-refractivity contribution in [1.82, 2.24) is 4.90 Å². The minimum Gasteiger partial charge on any atom is -0.486 e. The van der Waals surface area contributed by atoms with Gasteiger partial charge in [-0.25, -0.2) is 0 Å². The zero-order chi connectivity index (χ0) is 16.9. The second-order valence-electron chi connectivity index (χ2n) is 5.44. The Labute approximate surface area is 145 Å². The Bertz CT molecular complexity index is 717. The van der Waals surface area contributed by atoms with Gasteiger partial charge >= 0.3 is 0 Å². The molecule has 0 unspecified atom stereocenters. The third-order valence-corrected chi connectivity index (χ3v) is 3.98. The summed E-state index contributed by atoms with van der Waals surface area (Å²) in [6.45, 7) is 1.51. The summed E-state index contributed by atoms with van der Waals surface area (Å²) < 4.78 is 11.0. The van der Waals surface area contributed by atoms with E-state index < -0.39 is 0 Å². The monoisotopic (exact) mass is 347 g/mol. The van der Waals surface area contributed by atoms with Crippen LogP contribution in [0.1, 0.15) is 15.9 Å². The lowest BCUT2D eigenvalue weighted by Gasteiger charge is -2.23. The molecule has 2 aromatic rings. The van der Waals surface area contributed by atoms with Crippen molar-refractivity contribution in [2.24, 2.45) is 0 Å². The number of fused-ring (bicyclic) bond motifs is 1. The van der Waals surface area contributed by atoms with E-state index in [1.807, 2.05) is 12.1 Å². The zero-order valence-corrected chi connectivity index (χ0v) is 13.8. The van der Waals surface area contributed by atoms with E-state index in [-0.39, 0.29) is 19.1 Å². The van der Waals surface area contributed by atoms with E-state index in [2.05, 4.69) is 0 Å². The quantitative estimate of drug-likeness (QED) is 0.903. The van der Waals surface area contributed by atoms with E-state index in [0.29, 0.717) is 41.8 Å². The third-order valence-electron chi connectivity index (χ3n) is 3.73. The number of ether oxygens (including phenoxy) is 2. The van der Waals surface area contributed by atoms with Crippen LogP contribution in [0.15, 0.2) is 42.5 Å². The third kappa shape index (κ3) is 3.80. The Balaban J connectivity index is 1.79.